The molecule has 0 fully saturated rings. The number of amides is 1. The maximum atomic E-state index is 12.6. The van der Waals surface area contributed by atoms with Crippen LogP contribution in [0.25, 0.3) is 27.7 Å². The van der Waals surface area contributed by atoms with Gasteiger partial charge in [0.15, 0.2) is 5.13 Å². The van der Waals surface area contributed by atoms with E-state index in [2.05, 4.69) is 10.3 Å². The van der Waals surface area contributed by atoms with Crippen LogP contribution in [0.15, 0.2) is 59.4 Å². The Bertz CT molecular complexity index is 1370. The summed E-state index contributed by atoms with van der Waals surface area (Å²) in [4.78, 5) is 26.8. The second kappa shape index (κ2) is 9.25. The molecule has 1 N–H and O–H groups in total. The molecule has 0 unspecified atom stereocenters. The van der Waals surface area contributed by atoms with E-state index in [-0.39, 0.29) is 10.1 Å². The molecule has 0 spiro atoms. The van der Waals surface area contributed by atoms with Crippen molar-refractivity contribution in [1.29, 1.82) is 0 Å². The second-order valence-electron chi connectivity index (χ2n) is 7.28. The Morgan fingerprint density at radius 2 is 2.09 bits per heavy atom. The molecule has 0 aliphatic heterocycles. The van der Waals surface area contributed by atoms with Crippen LogP contribution < -0.4 is 10.1 Å². The Kier molecular flexibility index (Phi) is 6.23. The van der Waals surface area contributed by atoms with Crippen LogP contribution in [-0.2, 0) is 4.79 Å². The molecule has 1 amide bonds. The molecule has 0 atom stereocenters. The number of carbonyl (C=O) groups excluding carboxylic acids is 1. The summed E-state index contributed by atoms with van der Waals surface area (Å²) >= 11 is 0.800. The number of aromatic nitrogens is 1. The third kappa shape index (κ3) is 4.49. The molecule has 4 rings (SSSR count). The van der Waals surface area contributed by atoms with Crippen LogP contribution in [-0.4, -0.2) is 22.4 Å². The third-order valence-corrected chi connectivity index (χ3v) is 5.96. The number of rotatable bonds is 7. The molecule has 33 heavy (non-hydrogen) atoms. The second-order valence-corrected chi connectivity index (χ2v) is 8.29. The minimum absolute atomic E-state index is 0.140. The summed E-state index contributed by atoms with van der Waals surface area (Å²) in [6, 6.07) is 11.9. The van der Waals surface area contributed by atoms with E-state index in [4.69, 9.17) is 9.15 Å². The van der Waals surface area contributed by atoms with Crippen molar-refractivity contribution in [3.05, 3.63) is 76.2 Å². The number of ether oxygens (including phenoxy) is 1. The number of fused-ring (bicyclic) bond motifs is 1. The molecule has 9 heteroatoms. The number of nitrogens with one attached hydrogen (secondary N) is 1. The summed E-state index contributed by atoms with van der Waals surface area (Å²) in [7, 11) is 0. The van der Waals surface area contributed by atoms with E-state index in [0.29, 0.717) is 17.9 Å². The van der Waals surface area contributed by atoms with E-state index in [9.17, 15) is 14.9 Å². The molecule has 4 aromatic rings. The Hall–Kier alpha value is -3.98. The highest BCUT2D eigenvalue weighted by Crippen LogP contribution is 2.40. The number of benzene rings is 2. The van der Waals surface area contributed by atoms with Crippen LogP contribution in [0, 0.1) is 17.0 Å². The van der Waals surface area contributed by atoms with Crippen LogP contribution >= 0.6 is 11.3 Å². The molecule has 0 aliphatic carbocycles. The van der Waals surface area contributed by atoms with Crippen molar-refractivity contribution in [2.45, 2.75) is 20.8 Å². The molecular weight excluding hydrogens is 442 g/mol. The molecule has 0 saturated heterocycles. The van der Waals surface area contributed by atoms with Crippen LogP contribution in [0.4, 0.5) is 10.1 Å². The van der Waals surface area contributed by atoms with Crippen LogP contribution in [0.2, 0.25) is 0 Å². The van der Waals surface area contributed by atoms with Gasteiger partial charge in [-0.05, 0) is 49.3 Å². The summed E-state index contributed by atoms with van der Waals surface area (Å²) in [6.45, 7) is 6.09. The maximum Gasteiger partial charge on any atom is 0.345 e. The van der Waals surface area contributed by atoms with Gasteiger partial charge in [-0.1, -0.05) is 30.3 Å². The predicted molar refractivity (Wildman–Crippen MR) is 129 cm³/mol. The van der Waals surface area contributed by atoms with E-state index >= 15 is 0 Å². The number of allylic oxidation sites excluding steroid dienone is 1. The number of furan rings is 1. The zero-order valence-electron chi connectivity index (χ0n) is 18.2. The third-order valence-electron chi connectivity index (χ3n) is 5.09. The number of thiazole rings is 1. The molecule has 0 aliphatic rings. The van der Waals surface area contributed by atoms with Crippen molar-refractivity contribution in [2.75, 3.05) is 11.9 Å². The number of aryl methyl sites for hydroxylation is 1. The first-order valence-corrected chi connectivity index (χ1v) is 11.0. The first-order valence-electron chi connectivity index (χ1n) is 10.2. The van der Waals surface area contributed by atoms with Gasteiger partial charge in [0, 0.05) is 28.2 Å². The van der Waals surface area contributed by atoms with E-state index in [1.54, 1.807) is 6.26 Å². The summed E-state index contributed by atoms with van der Waals surface area (Å²) in [5.41, 5.74) is 4.98. The highest BCUT2D eigenvalue weighted by atomic mass is 32.1. The van der Waals surface area contributed by atoms with Crippen molar-refractivity contribution >= 4 is 43.9 Å². The van der Waals surface area contributed by atoms with Gasteiger partial charge in [0.1, 0.15) is 17.5 Å². The Balaban J connectivity index is 1.74. The number of anilines is 1. The Labute approximate surface area is 193 Å². The number of carbonyl (C=O) groups is 1. The monoisotopic (exact) mass is 463 g/mol. The van der Waals surface area contributed by atoms with Gasteiger partial charge < -0.3 is 9.15 Å². The molecule has 168 valence electrons. The van der Waals surface area contributed by atoms with Crippen LogP contribution in [0.1, 0.15) is 25.0 Å². The standard InChI is InChI=1S/C24H21N3O5S/c1-4-31-22-15(3)23-18(19(13-32-23)16-8-6-5-7-9-16)11-17(22)14(2)10-20(28)26-24-25-12-21(33-24)27(29)30/h5-13H,4H2,1-3H3,(H,25,26,28)/b14-10+. The van der Waals surface area contributed by atoms with E-state index < -0.39 is 10.8 Å². The molecule has 8 nitrogen and oxygen atoms in total. The number of hydrogen-bond acceptors (Lipinski definition) is 7. The zero-order chi connectivity index (χ0) is 23.5. The summed E-state index contributed by atoms with van der Waals surface area (Å²) in [5.74, 6) is 0.206. The lowest BCUT2D eigenvalue weighted by atomic mass is 9.96. The van der Waals surface area contributed by atoms with Gasteiger partial charge in [-0.2, -0.15) is 0 Å². The van der Waals surface area contributed by atoms with Crippen molar-refractivity contribution in [3.8, 4) is 16.9 Å². The lowest BCUT2D eigenvalue weighted by Gasteiger charge is -2.15. The fraction of sp³-hybridized carbons (Fsp3) is 0.167. The first kappa shape index (κ1) is 22.2. The molecule has 0 radical (unpaired) electrons. The smallest absolute Gasteiger partial charge is 0.345 e. The van der Waals surface area contributed by atoms with Gasteiger partial charge in [-0.3, -0.25) is 20.2 Å². The van der Waals surface area contributed by atoms with Gasteiger partial charge >= 0.3 is 5.00 Å². The minimum Gasteiger partial charge on any atom is -0.493 e. The fourth-order valence-electron chi connectivity index (χ4n) is 3.60. The molecule has 2 heterocycles. The lowest BCUT2D eigenvalue weighted by molar-refractivity contribution is -0.380. The van der Waals surface area contributed by atoms with Gasteiger partial charge in [0.25, 0.3) is 0 Å². The molecule has 2 aromatic carbocycles. The van der Waals surface area contributed by atoms with E-state index in [1.807, 2.05) is 57.2 Å². The predicted octanol–water partition coefficient (Wildman–Crippen LogP) is 6.21. The highest BCUT2D eigenvalue weighted by molar-refractivity contribution is 7.18. The Morgan fingerprint density at radius 3 is 2.76 bits per heavy atom. The zero-order valence-corrected chi connectivity index (χ0v) is 19.1. The van der Waals surface area contributed by atoms with Crippen LogP contribution in [0.3, 0.4) is 0 Å². The number of nitrogens with zero attached hydrogens (tertiary/aromatic N) is 2. The van der Waals surface area contributed by atoms with Gasteiger partial charge in [-0.15, -0.1) is 0 Å². The maximum absolute atomic E-state index is 12.6. The average molecular weight is 464 g/mol. The number of hydrogen-bond donors (Lipinski definition) is 1. The van der Waals surface area contributed by atoms with Gasteiger partial charge in [-0.25, -0.2) is 4.98 Å². The lowest BCUT2D eigenvalue weighted by Crippen LogP contribution is -2.08. The summed E-state index contributed by atoms with van der Waals surface area (Å²) in [5, 5.41) is 14.4. The largest absolute Gasteiger partial charge is 0.493 e. The first-order chi connectivity index (χ1) is 15.9. The van der Waals surface area contributed by atoms with Gasteiger partial charge in [0.2, 0.25) is 5.91 Å². The van der Waals surface area contributed by atoms with Crippen molar-refractivity contribution in [2.24, 2.45) is 0 Å². The quantitative estimate of drug-likeness (QED) is 0.198. The van der Waals surface area contributed by atoms with Crippen molar-refractivity contribution in [1.82, 2.24) is 4.98 Å². The van der Waals surface area contributed by atoms with E-state index in [1.165, 1.54) is 6.08 Å². The number of nitro groups is 1. The average Bonchev–Trinajstić information content (AvgIpc) is 3.43. The molecule has 2 aromatic heterocycles. The van der Waals surface area contributed by atoms with Crippen LogP contribution in [0.5, 0.6) is 5.75 Å². The van der Waals surface area contributed by atoms with Crippen molar-refractivity contribution < 1.29 is 18.9 Å². The molecule has 0 saturated carbocycles. The summed E-state index contributed by atoms with van der Waals surface area (Å²) in [6.07, 6.45) is 4.28. The van der Waals surface area contributed by atoms with E-state index in [0.717, 1.165) is 50.8 Å². The SMILES string of the molecule is CCOc1c(/C(C)=C/C(=O)Nc2ncc([N+](=O)[O-])s2)cc2c(-c3ccccc3)coc2c1C. The highest BCUT2D eigenvalue weighted by Gasteiger charge is 2.19. The fourth-order valence-corrected chi connectivity index (χ4v) is 4.24. The van der Waals surface area contributed by atoms with Crippen molar-refractivity contribution in [3.63, 3.8) is 0 Å². The minimum atomic E-state index is -0.546. The normalized spacial score (nSPS) is 11.5. The molecular formula is C24H21N3O5S. The topological polar surface area (TPSA) is 108 Å². The summed E-state index contributed by atoms with van der Waals surface area (Å²) < 4.78 is 11.8. The molecule has 0 bridgehead atoms. The Morgan fingerprint density at radius 1 is 1.33 bits per heavy atom. The van der Waals surface area contributed by atoms with Gasteiger partial charge in [0.05, 0.1) is 17.8 Å².